The number of aromatic nitrogens is 1. The minimum atomic E-state index is 0.697. The smallest absolute Gasteiger partial charge is 0.186 e. The van der Waals surface area contributed by atoms with Crippen molar-refractivity contribution in [3.05, 3.63) is 18.0 Å². The summed E-state index contributed by atoms with van der Waals surface area (Å²) in [5, 5.41) is 0. The van der Waals surface area contributed by atoms with E-state index in [9.17, 15) is 0 Å². The van der Waals surface area contributed by atoms with Gasteiger partial charge in [0.25, 0.3) is 0 Å². The van der Waals surface area contributed by atoms with Crippen LogP contribution in [0.25, 0.3) is 0 Å². The zero-order valence-corrected chi connectivity index (χ0v) is 7.95. The molecule has 1 aliphatic rings. The topological polar surface area (TPSA) is 23.4 Å². The molecular weight excluding hydrogens is 166 g/mol. The quantitative estimate of drug-likeness (QED) is 0.653. The van der Waals surface area contributed by atoms with Gasteiger partial charge < -0.3 is 9.45 Å². The molecule has 0 bridgehead atoms. The zero-order chi connectivity index (χ0) is 9.10. The number of fused-ring (bicyclic) bond motifs is 1. The van der Waals surface area contributed by atoms with E-state index in [1.54, 1.807) is 0 Å². The predicted octanol–water partition coefficient (Wildman–Crippen LogP) is 2.15. The molecule has 1 aromatic heterocycles. The van der Waals surface area contributed by atoms with Gasteiger partial charge in [0.2, 0.25) is 0 Å². The second-order valence-electron chi connectivity index (χ2n) is 3.39. The van der Waals surface area contributed by atoms with E-state index in [1.807, 2.05) is 6.20 Å². The molecule has 2 heterocycles. The van der Waals surface area contributed by atoms with Crippen LogP contribution in [0.15, 0.2) is 12.4 Å². The van der Waals surface area contributed by atoms with Gasteiger partial charge in [0.05, 0.1) is 12.8 Å². The van der Waals surface area contributed by atoms with Crippen LogP contribution >= 0.6 is 0 Å². The van der Waals surface area contributed by atoms with Gasteiger partial charge in [-0.15, -0.1) is 0 Å². The molecule has 0 saturated heterocycles. The highest BCUT2D eigenvalue weighted by Gasteiger charge is 2.12. The van der Waals surface area contributed by atoms with Gasteiger partial charge in [-0.3, -0.25) is 0 Å². The Kier molecular flexibility index (Phi) is 2.54. The van der Waals surface area contributed by atoms with Gasteiger partial charge in [-0.1, -0.05) is 6.92 Å². The molecule has 0 spiro atoms. The summed E-state index contributed by atoms with van der Waals surface area (Å²) in [6.07, 6.45) is 7.43. The van der Waals surface area contributed by atoms with Crippen LogP contribution in [0.2, 0.25) is 0 Å². The fourth-order valence-electron chi connectivity index (χ4n) is 1.61. The number of hydrogen-bond donors (Lipinski definition) is 0. The molecule has 0 amide bonds. The summed E-state index contributed by atoms with van der Waals surface area (Å²) in [6.45, 7) is 3.92. The normalized spacial score (nSPS) is 16.1. The Hall–Kier alpha value is -0.960. The molecule has 1 aromatic rings. The van der Waals surface area contributed by atoms with Crippen molar-refractivity contribution in [1.82, 2.24) is 4.57 Å². The first-order chi connectivity index (χ1) is 6.40. The van der Waals surface area contributed by atoms with E-state index >= 15 is 0 Å². The Balaban J connectivity index is 2.17. The van der Waals surface area contributed by atoms with Gasteiger partial charge in [-0.05, 0) is 19.3 Å². The summed E-state index contributed by atoms with van der Waals surface area (Å²) in [6, 6.07) is 0. The third-order valence-corrected chi connectivity index (χ3v) is 2.23. The first-order valence-corrected chi connectivity index (χ1v) is 4.88. The largest absolute Gasteiger partial charge is 0.350 e. The van der Waals surface area contributed by atoms with Crippen LogP contribution in [0.4, 0.5) is 0 Å². The van der Waals surface area contributed by atoms with E-state index in [2.05, 4.69) is 17.7 Å². The van der Waals surface area contributed by atoms with E-state index in [1.165, 1.54) is 5.56 Å². The Morgan fingerprint density at radius 3 is 3.23 bits per heavy atom. The molecule has 0 unspecified atom stereocenters. The van der Waals surface area contributed by atoms with Gasteiger partial charge in [-0.2, -0.15) is 4.89 Å². The van der Waals surface area contributed by atoms with Crippen molar-refractivity contribution in [2.45, 2.75) is 32.7 Å². The maximum atomic E-state index is 5.15. The molecule has 1 aliphatic heterocycles. The second kappa shape index (κ2) is 3.83. The summed E-state index contributed by atoms with van der Waals surface area (Å²) >= 11 is 0. The fourth-order valence-corrected chi connectivity index (χ4v) is 1.61. The highest BCUT2D eigenvalue weighted by Crippen LogP contribution is 2.24. The van der Waals surface area contributed by atoms with E-state index in [4.69, 9.17) is 9.78 Å². The molecule has 0 N–H and O–H groups in total. The van der Waals surface area contributed by atoms with Gasteiger partial charge in [0.15, 0.2) is 5.75 Å². The van der Waals surface area contributed by atoms with Crippen molar-refractivity contribution in [3.63, 3.8) is 0 Å². The number of aryl methyl sites for hydroxylation is 2. The van der Waals surface area contributed by atoms with Crippen LogP contribution in [0, 0.1) is 0 Å². The Morgan fingerprint density at radius 1 is 1.46 bits per heavy atom. The lowest BCUT2D eigenvalue weighted by molar-refractivity contribution is -0.203. The SMILES string of the molecule is CCCn1cc2c(c1)OOCCC2. The molecule has 0 saturated carbocycles. The molecule has 13 heavy (non-hydrogen) atoms. The molecule has 2 rings (SSSR count). The van der Waals surface area contributed by atoms with Crippen LogP contribution in [0.1, 0.15) is 25.3 Å². The van der Waals surface area contributed by atoms with E-state index in [-0.39, 0.29) is 0 Å². The van der Waals surface area contributed by atoms with Crippen LogP contribution < -0.4 is 4.89 Å². The summed E-state index contributed by atoms with van der Waals surface area (Å²) in [5.74, 6) is 0.894. The first kappa shape index (κ1) is 8.63. The maximum absolute atomic E-state index is 5.15. The summed E-state index contributed by atoms with van der Waals surface area (Å²) in [7, 11) is 0. The molecular formula is C10H15NO2. The van der Waals surface area contributed by atoms with Crippen LogP contribution in [0.5, 0.6) is 5.75 Å². The van der Waals surface area contributed by atoms with Crippen molar-refractivity contribution in [3.8, 4) is 5.75 Å². The Morgan fingerprint density at radius 2 is 2.38 bits per heavy atom. The standard InChI is InChI=1S/C10H15NO2/c1-2-5-11-7-9-4-3-6-12-13-10(9)8-11/h7-8H,2-6H2,1H3. The molecule has 0 atom stereocenters. The van der Waals surface area contributed by atoms with Gasteiger partial charge in [0.1, 0.15) is 0 Å². The molecule has 3 nitrogen and oxygen atoms in total. The minimum absolute atomic E-state index is 0.697. The van der Waals surface area contributed by atoms with Crippen LogP contribution in [-0.4, -0.2) is 11.2 Å². The van der Waals surface area contributed by atoms with Crippen molar-refractivity contribution >= 4 is 0 Å². The van der Waals surface area contributed by atoms with E-state index in [0.29, 0.717) is 6.61 Å². The maximum Gasteiger partial charge on any atom is 0.186 e. The third kappa shape index (κ3) is 1.86. The highest BCUT2D eigenvalue weighted by molar-refractivity contribution is 5.31. The predicted molar refractivity (Wildman–Crippen MR) is 49.6 cm³/mol. The number of rotatable bonds is 2. The summed E-state index contributed by atoms with van der Waals surface area (Å²) < 4.78 is 2.17. The van der Waals surface area contributed by atoms with E-state index < -0.39 is 0 Å². The molecule has 0 radical (unpaired) electrons. The fraction of sp³-hybridized carbons (Fsp3) is 0.600. The summed E-state index contributed by atoms with van der Waals surface area (Å²) in [5.41, 5.74) is 1.27. The molecule has 0 aromatic carbocycles. The van der Waals surface area contributed by atoms with E-state index in [0.717, 1.165) is 31.6 Å². The molecule has 0 fully saturated rings. The lowest BCUT2D eigenvalue weighted by atomic mass is 10.2. The van der Waals surface area contributed by atoms with Crippen molar-refractivity contribution in [1.29, 1.82) is 0 Å². The van der Waals surface area contributed by atoms with Crippen molar-refractivity contribution in [2.24, 2.45) is 0 Å². The van der Waals surface area contributed by atoms with Gasteiger partial charge >= 0.3 is 0 Å². The van der Waals surface area contributed by atoms with Crippen LogP contribution in [0.3, 0.4) is 0 Å². The van der Waals surface area contributed by atoms with Crippen molar-refractivity contribution in [2.75, 3.05) is 6.61 Å². The first-order valence-electron chi connectivity index (χ1n) is 4.88. The number of nitrogens with zero attached hydrogens (tertiary/aromatic N) is 1. The number of hydrogen-bond acceptors (Lipinski definition) is 2. The van der Waals surface area contributed by atoms with Crippen LogP contribution in [-0.2, 0) is 17.9 Å². The average molecular weight is 181 g/mol. The lowest BCUT2D eigenvalue weighted by Gasteiger charge is -1.99. The monoisotopic (exact) mass is 181 g/mol. The third-order valence-electron chi connectivity index (χ3n) is 2.23. The minimum Gasteiger partial charge on any atom is -0.350 e. The zero-order valence-electron chi connectivity index (χ0n) is 7.95. The highest BCUT2D eigenvalue weighted by atomic mass is 17.2. The summed E-state index contributed by atoms with van der Waals surface area (Å²) in [4.78, 5) is 10.2. The lowest BCUT2D eigenvalue weighted by Crippen LogP contribution is -1.97. The average Bonchev–Trinajstić information content (AvgIpc) is 2.37. The van der Waals surface area contributed by atoms with Crippen molar-refractivity contribution < 1.29 is 9.78 Å². The van der Waals surface area contributed by atoms with Gasteiger partial charge in [0, 0.05) is 18.3 Å². The molecule has 0 aliphatic carbocycles. The Bertz CT molecular complexity index is 257. The van der Waals surface area contributed by atoms with Gasteiger partial charge in [-0.25, -0.2) is 0 Å². The second-order valence-corrected chi connectivity index (χ2v) is 3.39. The Labute approximate surface area is 78.2 Å². The molecule has 3 heteroatoms. The molecule has 72 valence electrons.